The normalized spacial score (nSPS) is 20.6. The van der Waals surface area contributed by atoms with E-state index >= 15 is 0 Å². The van der Waals surface area contributed by atoms with Crippen LogP contribution in [0, 0.1) is 5.92 Å². The largest absolute Gasteiger partial charge is 0.480 e. The Bertz CT molecular complexity index is 437. The minimum absolute atomic E-state index is 0.222. The SMILES string of the molecule is CC(C)(C)OC(=O)NC(C(=O)O)C1CS(=O)(=O)C1. The Morgan fingerprint density at radius 1 is 1.33 bits per heavy atom. The fourth-order valence-electron chi connectivity index (χ4n) is 1.61. The number of carboxylic acid groups (broad SMARTS) is 1. The number of carboxylic acids is 1. The van der Waals surface area contributed by atoms with Crippen LogP contribution in [0.1, 0.15) is 20.8 Å². The van der Waals surface area contributed by atoms with E-state index in [-0.39, 0.29) is 11.5 Å². The van der Waals surface area contributed by atoms with E-state index < -0.39 is 39.5 Å². The first-order valence-corrected chi connectivity index (χ1v) is 7.25. The smallest absolute Gasteiger partial charge is 0.408 e. The molecule has 0 saturated carbocycles. The second kappa shape index (κ2) is 4.75. The molecule has 0 radical (unpaired) electrons. The minimum atomic E-state index is -3.14. The second-order valence-electron chi connectivity index (χ2n) is 5.30. The van der Waals surface area contributed by atoms with Crippen LogP contribution >= 0.6 is 0 Å². The van der Waals surface area contributed by atoms with Crippen molar-refractivity contribution in [2.45, 2.75) is 32.4 Å². The number of carbonyl (C=O) groups is 2. The van der Waals surface area contributed by atoms with Crippen molar-refractivity contribution in [3.63, 3.8) is 0 Å². The summed E-state index contributed by atoms with van der Waals surface area (Å²) in [7, 11) is -3.14. The van der Waals surface area contributed by atoms with E-state index in [0.717, 1.165) is 0 Å². The number of ether oxygens (including phenoxy) is 1. The number of hydrogen-bond acceptors (Lipinski definition) is 5. The van der Waals surface area contributed by atoms with Gasteiger partial charge in [0.25, 0.3) is 0 Å². The summed E-state index contributed by atoms with van der Waals surface area (Å²) < 4.78 is 26.9. The molecule has 0 aromatic rings. The summed E-state index contributed by atoms with van der Waals surface area (Å²) in [6.07, 6.45) is -0.862. The Labute approximate surface area is 105 Å². The van der Waals surface area contributed by atoms with Gasteiger partial charge in [-0.25, -0.2) is 18.0 Å². The summed E-state index contributed by atoms with van der Waals surface area (Å²) in [6.45, 7) is 4.95. The van der Waals surface area contributed by atoms with E-state index in [9.17, 15) is 18.0 Å². The van der Waals surface area contributed by atoms with Gasteiger partial charge in [-0.05, 0) is 20.8 Å². The van der Waals surface area contributed by atoms with Gasteiger partial charge in [-0.2, -0.15) is 0 Å². The van der Waals surface area contributed by atoms with Crippen LogP contribution in [0.4, 0.5) is 4.79 Å². The van der Waals surface area contributed by atoms with Gasteiger partial charge < -0.3 is 15.2 Å². The Morgan fingerprint density at radius 3 is 2.17 bits per heavy atom. The van der Waals surface area contributed by atoms with Crippen LogP contribution in [0.25, 0.3) is 0 Å². The van der Waals surface area contributed by atoms with Crippen molar-refractivity contribution < 1.29 is 27.9 Å². The molecular formula is C10H17NO6S. The lowest BCUT2D eigenvalue weighted by Crippen LogP contribution is -2.55. The zero-order valence-electron chi connectivity index (χ0n) is 10.5. The van der Waals surface area contributed by atoms with Crippen molar-refractivity contribution in [3.8, 4) is 0 Å². The third-order valence-electron chi connectivity index (χ3n) is 2.35. The lowest BCUT2D eigenvalue weighted by Gasteiger charge is -2.31. The average molecular weight is 279 g/mol. The molecule has 0 bridgehead atoms. The van der Waals surface area contributed by atoms with Gasteiger partial charge in [0, 0.05) is 5.92 Å². The molecule has 1 fully saturated rings. The summed E-state index contributed by atoms with van der Waals surface area (Å²) in [4.78, 5) is 22.4. The third-order valence-corrected chi connectivity index (χ3v) is 4.22. The van der Waals surface area contributed by atoms with E-state index in [1.54, 1.807) is 20.8 Å². The van der Waals surface area contributed by atoms with Gasteiger partial charge in [0.1, 0.15) is 11.6 Å². The van der Waals surface area contributed by atoms with Gasteiger partial charge in [0.2, 0.25) is 0 Å². The standard InChI is InChI=1S/C10H17NO6S/c1-10(2,3)17-9(14)11-7(8(12)13)6-4-18(15,16)5-6/h6-7H,4-5H2,1-3H3,(H,11,14)(H,12,13). The summed E-state index contributed by atoms with van der Waals surface area (Å²) in [6, 6.07) is -1.23. The quantitative estimate of drug-likeness (QED) is 0.753. The van der Waals surface area contributed by atoms with Crippen LogP contribution in [0.3, 0.4) is 0 Å². The van der Waals surface area contributed by atoms with Crippen LogP contribution in [0.5, 0.6) is 0 Å². The van der Waals surface area contributed by atoms with Crippen LogP contribution in [-0.4, -0.2) is 48.7 Å². The number of carbonyl (C=O) groups excluding carboxylic acids is 1. The van der Waals surface area contributed by atoms with Gasteiger partial charge in [-0.1, -0.05) is 0 Å². The Hall–Kier alpha value is -1.31. The molecule has 1 aliphatic rings. The molecule has 104 valence electrons. The molecule has 1 atom stereocenters. The molecule has 0 aromatic heterocycles. The number of hydrogen-bond donors (Lipinski definition) is 2. The minimum Gasteiger partial charge on any atom is -0.480 e. The van der Waals surface area contributed by atoms with Crippen molar-refractivity contribution in [3.05, 3.63) is 0 Å². The second-order valence-corrected chi connectivity index (χ2v) is 7.45. The predicted octanol–water partition coefficient (Wildman–Crippen LogP) is 0.00890. The Kier molecular flexibility index (Phi) is 3.89. The topological polar surface area (TPSA) is 110 Å². The van der Waals surface area contributed by atoms with E-state index in [0.29, 0.717) is 0 Å². The Morgan fingerprint density at radius 2 is 1.83 bits per heavy atom. The fraction of sp³-hybridized carbons (Fsp3) is 0.800. The first-order chi connectivity index (χ1) is 8.00. The molecule has 18 heavy (non-hydrogen) atoms. The lowest BCUT2D eigenvalue weighted by atomic mass is 10.0. The number of aliphatic carboxylic acids is 1. The zero-order valence-corrected chi connectivity index (χ0v) is 11.3. The molecule has 0 aromatic carbocycles. The van der Waals surface area contributed by atoms with Crippen LogP contribution < -0.4 is 5.32 Å². The maximum absolute atomic E-state index is 11.4. The van der Waals surface area contributed by atoms with Crippen molar-refractivity contribution in [2.24, 2.45) is 5.92 Å². The molecule has 0 spiro atoms. The molecule has 1 amide bonds. The highest BCUT2D eigenvalue weighted by Gasteiger charge is 2.43. The monoisotopic (exact) mass is 279 g/mol. The third kappa shape index (κ3) is 4.17. The van der Waals surface area contributed by atoms with Crippen LogP contribution in [0.2, 0.25) is 0 Å². The molecule has 1 heterocycles. The van der Waals surface area contributed by atoms with Crippen molar-refractivity contribution in [1.82, 2.24) is 5.32 Å². The van der Waals surface area contributed by atoms with Crippen LogP contribution in [-0.2, 0) is 19.4 Å². The average Bonchev–Trinajstić information content (AvgIpc) is 2.06. The summed E-state index contributed by atoms with van der Waals surface area (Å²) in [5.74, 6) is -2.31. The predicted molar refractivity (Wildman–Crippen MR) is 62.9 cm³/mol. The molecule has 2 N–H and O–H groups in total. The lowest BCUT2D eigenvalue weighted by molar-refractivity contribution is -0.140. The molecule has 8 heteroatoms. The van der Waals surface area contributed by atoms with Gasteiger partial charge >= 0.3 is 12.1 Å². The number of amides is 1. The molecule has 7 nitrogen and oxygen atoms in total. The van der Waals surface area contributed by atoms with E-state index in [1.165, 1.54) is 0 Å². The summed E-state index contributed by atoms with van der Waals surface area (Å²) in [5.41, 5.74) is -0.737. The van der Waals surface area contributed by atoms with E-state index in [2.05, 4.69) is 5.32 Å². The molecule has 0 aliphatic carbocycles. The van der Waals surface area contributed by atoms with Gasteiger partial charge in [0.15, 0.2) is 9.84 Å². The number of nitrogens with one attached hydrogen (secondary N) is 1. The molecule has 1 unspecified atom stereocenters. The number of alkyl carbamates (subject to hydrolysis) is 1. The van der Waals surface area contributed by atoms with Crippen molar-refractivity contribution in [1.29, 1.82) is 0 Å². The highest BCUT2D eigenvalue weighted by molar-refractivity contribution is 7.92. The van der Waals surface area contributed by atoms with E-state index in [1.807, 2.05) is 0 Å². The highest BCUT2D eigenvalue weighted by atomic mass is 32.2. The molecular weight excluding hydrogens is 262 g/mol. The maximum atomic E-state index is 11.4. The fourth-order valence-corrected chi connectivity index (χ4v) is 3.20. The highest BCUT2D eigenvalue weighted by Crippen LogP contribution is 2.22. The molecule has 1 saturated heterocycles. The molecule has 1 aliphatic heterocycles. The first-order valence-electron chi connectivity index (χ1n) is 5.43. The zero-order chi connectivity index (χ0) is 14.1. The van der Waals surface area contributed by atoms with Gasteiger partial charge in [0.05, 0.1) is 11.5 Å². The van der Waals surface area contributed by atoms with Crippen LogP contribution in [0.15, 0.2) is 0 Å². The van der Waals surface area contributed by atoms with Crippen molar-refractivity contribution >= 4 is 21.9 Å². The van der Waals surface area contributed by atoms with E-state index in [4.69, 9.17) is 9.84 Å². The number of sulfone groups is 1. The first kappa shape index (κ1) is 14.7. The summed E-state index contributed by atoms with van der Waals surface area (Å²) >= 11 is 0. The molecule has 1 rings (SSSR count). The van der Waals surface area contributed by atoms with Gasteiger partial charge in [-0.15, -0.1) is 0 Å². The van der Waals surface area contributed by atoms with Gasteiger partial charge in [-0.3, -0.25) is 0 Å². The van der Waals surface area contributed by atoms with Crippen molar-refractivity contribution in [2.75, 3.05) is 11.5 Å². The maximum Gasteiger partial charge on any atom is 0.408 e. The summed E-state index contributed by atoms with van der Waals surface area (Å²) in [5, 5.41) is 11.1. The Balaban J connectivity index is 2.60. The number of rotatable bonds is 3.